The summed E-state index contributed by atoms with van der Waals surface area (Å²) < 4.78 is 15.8. The van der Waals surface area contributed by atoms with Gasteiger partial charge in [-0.3, -0.25) is 14.5 Å². The smallest absolute Gasteiger partial charge is 0.350 e. The second-order valence-electron chi connectivity index (χ2n) is 7.77. The van der Waals surface area contributed by atoms with Gasteiger partial charge in [-0.25, -0.2) is 9.78 Å². The van der Waals surface area contributed by atoms with Gasteiger partial charge in [0.25, 0.3) is 5.78 Å². The number of carbonyl (C=O) groups excluding carboxylic acids is 3. The number of anilines is 1. The molecule has 0 saturated carbocycles. The maximum absolute atomic E-state index is 13.4. The van der Waals surface area contributed by atoms with Gasteiger partial charge in [-0.05, 0) is 44.2 Å². The first-order valence-corrected chi connectivity index (χ1v) is 11.9. The van der Waals surface area contributed by atoms with Gasteiger partial charge in [-0.15, -0.1) is 0 Å². The van der Waals surface area contributed by atoms with Gasteiger partial charge >= 0.3 is 11.9 Å². The Bertz CT molecular complexity index is 1360. The van der Waals surface area contributed by atoms with E-state index in [1.54, 1.807) is 62.4 Å². The van der Waals surface area contributed by atoms with E-state index in [2.05, 4.69) is 4.98 Å². The number of carbonyl (C=O) groups is 3. The number of esters is 1. The monoisotopic (exact) mass is 508 g/mol. The van der Waals surface area contributed by atoms with Crippen LogP contribution in [0, 0.1) is 6.92 Å². The largest absolute Gasteiger partial charge is 0.507 e. The molecule has 2 heterocycles. The molecule has 1 atom stereocenters. The minimum atomic E-state index is -1.05. The lowest BCUT2D eigenvalue weighted by Crippen LogP contribution is -2.29. The summed E-state index contributed by atoms with van der Waals surface area (Å²) in [5, 5.41) is 11.4. The molecule has 0 radical (unpaired) electrons. The third-order valence-electron chi connectivity index (χ3n) is 5.69. The van der Waals surface area contributed by atoms with Crippen molar-refractivity contribution < 1.29 is 33.7 Å². The van der Waals surface area contributed by atoms with Crippen molar-refractivity contribution in [1.29, 1.82) is 0 Å². The Labute approximate surface area is 211 Å². The number of hydrogen-bond donors (Lipinski definition) is 1. The molecule has 0 bridgehead atoms. The zero-order chi connectivity index (χ0) is 26.0. The molecule has 1 aliphatic heterocycles. The normalized spacial score (nSPS) is 16.8. The predicted octanol–water partition coefficient (Wildman–Crippen LogP) is 4.27. The van der Waals surface area contributed by atoms with Crippen LogP contribution in [0.3, 0.4) is 0 Å². The molecule has 0 spiro atoms. The molecule has 0 aliphatic carbocycles. The number of rotatable bonds is 7. The fourth-order valence-corrected chi connectivity index (χ4v) is 4.98. The fourth-order valence-electron chi connectivity index (χ4n) is 3.99. The Morgan fingerprint density at radius 2 is 1.78 bits per heavy atom. The molecule has 36 heavy (non-hydrogen) atoms. The standard InChI is InChI=1S/C26H24N2O7S/c1-5-35-25(32)23-14(2)27-26(36-23)28-20(17-8-6-7-9-18(17)34-4)19(22(30)24(28)31)21(29)15-10-12-16(33-3)13-11-15/h6-13,20,29H,5H2,1-4H3/b21-19+. The highest BCUT2D eigenvalue weighted by atomic mass is 32.1. The van der Waals surface area contributed by atoms with Crippen LogP contribution < -0.4 is 14.4 Å². The molecule has 9 nitrogen and oxygen atoms in total. The lowest BCUT2D eigenvalue weighted by atomic mass is 9.94. The van der Waals surface area contributed by atoms with E-state index < -0.39 is 23.7 Å². The van der Waals surface area contributed by atoms with Gasteiger partial charge in [-0.1, -0.05) is 29.5 Å². The zero-order valence-corrected chi connectivity index (χ0v) is 20.9. The third-order valence-corrected chi connectivity index (χ3v) is 6.83. The fraction of sp³-hybridized carbons (Fsp3) is 0.231. The Hall–Kier alpha value is -4.18. The van der Waals surface area contributed by atoms with Gasteiger partial charge in [0.2, 0.25) is 0 Å². The van der Waals surface area contributed by atoms with Crippen LogP contribution in [0.4, 0.5) is 5.13 Å². The van der Waals surface area contributed by atoms with E-state index in [0.29, 0.717) is 28.3 Å². The number of nitrogens with zero attached hydrogens (tertiary/aromatic N) is 2. The van der Waals surface area contributed by atoms with Crippen LogP contribution in [0.25, 0.3) is 5.76 Å². The van der Waals surface area contributed by atoms with Gasteiger partial charge in [-0.2, -0.15) is 0 Å². The number of aliphatic hydroxyl groups excluding tert-OH is 1. The maximum Gasteiger partial charge on any atom is 0.350 e. The summed E-state index contributed by atoms with van der Waals surface area (Å²) in [6.45, 7) is 3.49. The van der Waals surface area contributed by atoms with Crippen LogP contribution in [-0.2, 0) is 14.3 Å². The van der Waals surface area contributed by atoms with E-state index >= 15 is 0 Å². The molecular formula is C26H24N2O7S. The van der Waals surface area contributed by atoms with Crippen LogP contribution in [-0.4, -0.2) is 48.6 Å². The molecule has 10 heteroatoms. The SMILES string of the molecule is CCOC(=O)c1sc(N2C(=O)C(=O)/C(=C(/O)c3ccc(OC)cc3)C2c2ccccc2OC)nc1C. The molecule has 1 N–H and O–H groups in total. The van der Waals surface area contributed by atoms with Crippen molar-refractivity contribution in [2.24, 2.45) is 0 Å². The van der Waals surface area contributed by atoms with Crippen LogP contribution in [0.5, 0.6) is 11.5 Å². The van der Waals surface area contributed by atoms with Crippen molar-refractivity contribution >= 4 is 39.9 Å². The van der Waals surface area contributed by atoms with Crippen molar-refractivity contribution in [1.82, 2.24) is 4.98 Å². The van der Waals surface area contributed by atoms with Crippen LogP contribution in [0.15, 0.2) is 54.1 Å². The number of amides is 1. The van der Waals surface area contributed by atoms with E-state index in [9.17, 15) is 19.5 Å². The molecule has 1 aromatic heterocycles. The van der Waals surface area contributed by atoms with E-state index in [0.717, 1.165) is 11.3 Å². The quantitative estimate of drug-likeness (QED) is 0.218. The summed E-state index contributed by atoms with van der Waals surface area (Å²) in [4.78, 5) is 44.9. The minimum Gasteiger partial charge on any atom is -0.507 e. The maximum atomic E-state index is 13.4. The number of methoxy groups -OCH3 is 2. The van der Waals surface area contributed by atoms with Gasteiger partial charge in [0.15, 0.2) is 5.13 Å². The van der Waals surface area contributed by atoms with Crippen molar-refractivity contribution in [3.63, 3.8) is 0 Å². The van der Waals surface area contributed by atoms with E-state index in [-0.39, 0.29) is 27.9 Å². The van der Waals surface area contributed by atoms with Crippen molar-refractivity contribution in [3.8, 4) is 11.5 Å². The number of aryl methyl sites for hydroxylation is 1. The van der Waals surface area contributed by atoms with Gasteiger partial charge in [0.1, 0.15) is 28.2 Å². The summed E-state index contributed by atoms with van der Waals surface area (Å²) in [5.74, 6) is -1.71. The van der Waals surface area contributed by atoms with Gasteiger partial charge in [0, 0.05) is 11.1 Å². The molecule has 3 aromatic rings. The van der Waals surface area contributed by atoms with Crippen molar-refractivity contribution in [3.05, 3.63) is 75.8 Å². The summed E-state index contributed by atoms with van der Waals surface area (Å²) in [6, 6.07) is 12.3. The number of ketones is 1. The number of Topliss-reactive ketones (excluding diaryl/α,β-unsaturated/α-hetero) is 1. The Morgan fingerprint density at radius 3 is 2.42 bits per heavy atom. The first-order valence-electron chi connectivity index (χ1n) is 11.0. The Morgan fingerprint density at radius 1 is 1.08 bits per heavy atom. The number of thiazole rings is 1. The highest BCUT2D eigenvalue weighted by Crippen LogP contribution is 2.46. The molecule has 1 saturated heterocycles. The Balaban J connectivity index is 1.93. The van der Waals surface area contributed by atoms with Crippen LogP contribution in [0.2, 0.25) is 0 Å². The lowest BCUT2D eigenvalue weighted by Gasteiger charge is -2.24. The molecule has 2 aromatic carbocycles. The zero-order valence-electron chi connectivity index (χ0n) is 20.1. The average molecular weight is 509 g/mol. The van der Waals surface area contributed by atoms with E-state index in [1.807, 2.05) is 0 Å². The number of benzene rings is 2. The predicted molar refractivity (Wildman–Crippen MR) is 134 cm³/mol. The third kappa shape index (κ3) is 4.31. The van der Waals surface area contributed by atoms with E-state index in [1.165, 1.54) is 19.1 Å². The van der Waals surface area contributed by atoms with Crippen LogP contribution >= 0.6 is 11.3 Å². The number of aromatic nitrogens is 1. The molecule has 1 unspecified atom stereocenters. The average Bonchev–Trinajstić information content (AvgIpc) is 3.40. The Kier molecular flexibility index (Phi) is 7.07. The van der Waals surface area contributed by atoms with E-state index in [4.69, 9.17) is 14.2 Å². The highest BCUT2D eigenvalue weighted by Gasteiger charge is 2.49. The summed E-state index contributed by atoms with van der Waals surface area (Å²) in [6.07, 6.45) is 0. The molecular weight excluding hydrogens is 484 g/mol. The second-order valence-corrected chi connectivity index (χ2v) is 8.75. The summed E-state index contributed by atoms with van der Waals surface area (Å²) in [5.41, 5.74) is 1.04. The van der Waals surface area contributed by atoms with Gasteiger partial charge < -0.3 is 19.3 Å². The summed E-state index contributed by atoms with van der Waals surface area (Å²) >= 11 is 0.943. The van der Waals surface area contributed by atoms with Gasteiger partial charge in [0.05, 0.1) is 32.1 Å². The molecule has 1 amide bonds. The topological polar surface area (TPSA) is 115 Å². The molecule has 1 fully saturated rings. The number of hydrogen-bond acceptors (Lipinski definition) is 9. The number of ether oxygens (including phenoxy) is 3. The van der Waals surface area contributed by atoms with Crippen LogP contribution in [0.1, 0.15) is 39.5 Å². The van der Waals surface area contributed by atoms with Crippen molar-refractivity contribution in [2.45, 2.75) is 19.9 Å². The summed E-state index contributed by atoms with van der Waals surface area (Å²) in [7, 11) is 2.99. The number of para-hydroxylation sites is 1. The molecule has 186 valence electrons. The second kappa shape index (κ2) is 10.2. The van der Waals surface area contributed by atoms with Crippen molar-refractivity contribution in [2.75, 3.05) is 25.7 Å². The molecule has 1 aliphatic rings. The first-order chi connectivity index (χ1) is 17.3. The molecule has 4 rings (SSSR count). The lowest BCUT2D eigenvalue weighted by molar-refractivity contribution is -0.132. The number of aliphatic hydroxyl groups is 1. The first kappa shape index (κ1) is 24.9. The minimum absolute atomic E-state index is 0.125. The highest BCUT2D eigenvalue weighted by molar-refractivity contribution is 7.17.